The Balaban J connectivity index is 1.60. The summed E-state index contributed by atoms with van der Waals surface area (Å²) in [4.78, 5) is 44.7. The average molecular weight is 426 g/mol. The van der Waals surface area contributed by atoms with E-state index in [1.54, 1.807) is 7.11 Å². The number of aryl methyl sites for hydroxylation is 1. The average Bonchev–Trinajstić information content (AvgIpc) is 3.06. The standard InChI is InChI=1S/C24H31N3O4/c1-15-22(18(4)28)16(2)25-23(15)24(30)17(3)26-9-11-27(12-10-26)21(29)14-19-7-6-8-20(13-19)31-5/h6-8,13,17,25H,9-12,14H2,1-5H3. The minimum Gasteiger partial charge on any atom is -0.497 e. The van der Waals surface area contributed by atoms with Gasteiger partial charge in [0.15, 0.2) is 11.6 Å². The number of aromatic amines is 1. The molecular formula is C24H31N3O4. The highest BCUT2D eigenvalue weighted by Gasteiger charge is 2.30. The van der Waals surface area contributed by atoms with Crippen molar-refractivity contribution in [1.82, 2.24) is 14.8 Å². The third kappa shape index (κ3) is 4.88. The van der Waals surface area contributed by atoms with Crippen LogP contribution in [0.4, 0.5) is 0 Å². The number of hydrogen-bond donors (Lipinski definition) is 1. The Labute approximate surface area is 183 Å². The number of nitrogens with one attached hydrogen (secondary N) is 1. The molecule has 0 saturated carbocycles. The quantitative estimate of drug-likeness (QED) is 0.690. The van der Waals surface area contributed by atoms with E-state index in [-0.39, 0.29) is 23.5 Å². The predicted octanol–water partition coefficient (Wildman–Crippen LogP) is 2.80. The number of Topliss-reactive ketones (excluding diaryl/α,β-unsaturated/α-hetero) is 2. The van der Waals surface area contributed by atoms with Crippen molar-refractivity contribution < 1.29 is 19.1 Å². The second kappa shape index (κ2) is 9.47. The largest absolute Gasteiger partial charge is 0.497 e. The first-order valence-corrected chi connectivity index (χ1v) is 10.6. The Morgan fingerprint density at radius 2 is 1.81 bits per heavy atom. The van der Waals surface area contributed by atoms with Gasteiger partial charge in [-0.25, -0.2) is 0 Å². The van der Waals surface area contributed by atoms with E-state index in [2.05, 4.69) is 9.88 Å². The molecule has 1 amide bonds. The van der Waals surface area contributed by atoms with Gasteiger partial charge in [0.2, 0.25) is 5.91 Å². The fourth-order valence-corrected chi connectivity index (χ4v) is 4.33. The lowest BCUT2D eigenvalue weighted by Crippen LogP contribution is -2.53. The van der Waals surface area contributed by atoms with Crippen molar-refractivity contribution >= 4 is 17.5 Å². The SMILES string of the molecule is COc1cccc(CC(=O)N2CCN(C(C)C(=O)c3[nH]c(C)c(C(C)=O)c3C)CC2)c1. The highest BCUT2D eigenvalue weighted by atomic mass is 16.5. The maximum Gasteiger partial charge on any atom is 0.227 e. The molecule has 0 aliphatic carbocycles. The molecule has 1 atom stereocenters. The highest BCUT2D eigenvalue weighted by Crippen LogP contribution is 2.22. The zero-order valence-corrected chi connectivity index (χ0v) is 18.9. The van der Waals surface area contributed by atoms with Crippen LogP contribution in [0.25, 0.3) is 0 Å². The van der Waals surface area contributed by atoms with Crippen molar-refractivity contribution in [2.45, 2.75) is 40.2 Å². The number of nitrogens with zero attached hydrogens (tertiary/aromatic N) is 2. The zero-order valence-electron chi connectivity index (χ0n) is 18.9. The molecule has 31 heavy (non-hydrogen) atoms. The molecule has 7 nitrogen and oxygen atoms in total. The smallest absolute Gasteiger partial charge is 0.227 e. The third-order valence-corrected chi connectivity index (χ3v) is 6.12. The molecule has 1 unspecified atom stereocenters. The molecule has 0 spiro atoms. The summed E-state index contributed by atoms with van der Waals surface area (Å²) in [6, 6.07) is 7.22. The van der Waals surface area contributed by atoms with Crippen LogP contribution in [0, 0.1) is 13.8 Å². The molecule has 1 aromatic carbocycles. The molecule has 1 saturated heterocycles. The van der Waals surface area contributed by atoms with Gasteiger partial charge in [-0.05, 0) is 51.0 Å². The summed E-state index contributed by atoms with van der Waals surface area (Å²) in [6.45, 7) is 9.48. The third-order valence-electron chi connectivity index (χ3n) is 6.12. The maximum atomic E-state index is 13.1. The lowest BCUT2D eigenvalue weighted by molar-refractivity contribution is -0.132. The molecule has 1 N–H and O–H groups in total. The first kappa shape index (κ1) is 22.7. The van der Waals surface area contributed by atoms with Crippen LogP contribution in [0.2, 0.25) is 0 Å². The number of ether oxygens (including phenoxy) is 1. The van der Waals surface area contributed by atoms with Gasteiger partial charge >= 0.3 is 0 Å². The van der Waals surface area contributed by atoms with E-state index in [1.807, 2.05) is 49.9 Å². The number of aromatic nitrogens is 1. The number of hydrogen-bond acceptors (Lipinski definition) is 5. The molecule has 1 aromatic heterocycles. The number of rotatable bonds is 7. The number of piperazine rings is 1. The van der Waals surface area contributed by atoms with Gasteiger partial charge in [0.1, 0.15) is 5.75 Å². The normalized spacial score (nSPS) is 15.6. The van der Waals surface area contributed by atoms with Gasteiger partial charge in [-0.1, -0.05) is 12.1 Å². The van der Waals surface area contributed by atoms with Crippen LogP contribution in [0.5, 0.6) is 5.75 Å². The molecule has 0 radical (unpaired) electrons. The molecule has 2 heterocycles. The van der Waals surface area contributed by atoms with E-state index < -0.39 is 0 Å². The van der Waals surface area contributed by atoms with Crippen molar-refractivity contribution in [1.29, 1.82) is 0 Å². The van der Waals surface area contributed by atoms with Crippen molar-refractivity contribution in [3.05, 3.63) is 52.3 Å². The van der Waals surface area contributed by atoms with Gasteiger partial charge in [0.25, 0.3) is 0 Å². The van der Waals surface area contributed by atoms with Crippen LogP contribution in [0.1, 0.15) is 51.5 Å². The summed E-state index contributed by atoms with van der Waals surface area (Å²) >= 11 is 0. The van der Waals surface area contributed by atoms with Crippen LogP contribution in [0.3, 0.4) is 0 Å². The van der Waals surface area contributed by atoms with Crippen molar-refractivity contribution in [3.8, 4) is 5.75 Å². The Morgan fingerprint density at radius 1 is 1.13 bits per heavy atom. The first-order chi connectivity index (χ1) is 14.7. The molecule has 2 aromatic rings. The molecule has 7 heteroatoms. The Bertz CT molecular complexity index is 987. The highest BCUT2D eigenvalue weighted by molar-refractivity contribution is 6.05. The van der Waals surface area contributed by atoms with Gasteiger partial charge in [-0.2, -0.15) is 0 Å². The number of benzene rings is 1. The molecule has 0 bridgehead atoms. The van der Waals surface area contributed by atoms with Crippen LogP contribution in [-0.4, -0.2) is 71.6 Å². The molecule has 1 aliphatic rings. The summed E-state index contributed by atoms with van der Waals surface area (Å²) in [6.07, 6.45) is 0.334. The summed E-state index contributed by atoms with van der Waals surface area (Å²) in [7, 11) is 1.61. The van der Waals surface area contributed by atoms with Gasteiger partial charge in [0, 0.05) is 37.4 Å². The van der Waals surface area contributed by atoms with Crippen molar-refractivity contribution in [2.75, 3.05) is 33.3 Å². The van der Waals surface area contributed by atoms with Gasteiger partial charge in [0.05, 0.1) is 25.3 Å². The zero-order chi connectivity index (χ0) is 22.7. The van der Waals surface area contributed by atoms with Crippen LogP contribution < -0.4 is 4.74 Å². The lowest BCUT2D eigenvalue weighted by atomic mass is 10.0. The van der Waals surface area contributed by atoms with Crippen molar-refractivity contribution in [2.24, 2.45) is 0 Å². The molecule has 166 valence electrons. The molecule has 3 rings (SSSR count). The van der Waals surface area contributed by atoms with Gasteiger partial charge in [-0.3, -0.25) is 19.3 Å². The van der Waals surface area contributed by atoms with E-state index in [4.69, 9.17) is 4.74 Å². The fourth-order valence-electron chi connectivity index (χ4n) is 4.33. The van der Waals surface area contributed by atoms with Gasteiger partial charge < -0.3 is 14.6 Å². The Kier molecular flexibility index (Phi) is 6.95. The number of H-pyrrole nitrogens is 1. The second-order valence-electron chi connectivity index (χ2n) is 8.17. The van der Waals surface area contributed by atoms with Gasteiger partial charge in [-0.15, -0.1) is 0 Å². The summed E-state index contributed by atoms with van der Waals surface area (Å²) < 4.78 is 5.23. The molecular weight excluding hydrogens is 394 g/mol. The number of ketones is 2. The topological polar surface area (TPSA) is 82.7 Å². The van der Waals surface area contributed by atoms with E-state index in [9.17, 15) is 14.4 Å². The van der Waals surface area contributed by atoms with Crippen LogP contribution in [0.15, 0.2) is 24.3 Å². The van der Waals surface area contributed by atoms with Crippen molar-refractivity contribution in [3.63, 3.8) is 0 Å². The maximum absolute atomic E-state index is 13.1. The first-order valence-electron chi connectivity index (χ1n) is 10.6. The molecule has 1 fully saturated rings. The number of carbonyl (C=O) groups excluding carboxylic acids is 3. The van der Waals surface area contributed by atoms with E-state index in [0.717, 1.165) is 17.0 Å². The summed E-state index contributed by atoms with van der Waals surface area (Å²) in [5.74, 6) is 0.754. The monoisotopic (exact) mass is 425 g/mol. The number of amides is 1. The fraction of sp³-hybridized carbons (Fsp3) is 0.458. The summed E-state index contributed by atoms with van der Waals surface area (Å²) in [5.41, 5.74) is 3.48. The lowest BCUT2D eigenvalue weighted by Gasteiger charge is -2.37. The van der Waals surface area contributed by atoms with E-state index in [0.29, 0.717) is 49.4 Å². The minimum absolute atomic E-state index is 0.0238. The second-order valence-corrected chi connectivity index (χ2v) is 8.17. The number of carbonyl (C=O) groups is 3. The minimum atomic E-state index is -0.327. The van der Waals surface area contributed by atoms with Crippen LogP contribution in [-0.2, 0) is 11.2 Å². The Hall–Kier alpha value is -2.93. The van der Waals surface area contributed by atoms with E-state index >= 15 is 0 Å². The Morgan fingerprint density at radius 3 is 2.39 bits per heavy atom. The van der Waals surface area contributed by atoms with E-state index in [1.165, 1.54) is 6.92 Å². The van der Waals surface area contributed by atoms with Crippen LogP contribution >= 0.6 is 0 Å². The molecule has 1 aliphatic heterocycles. The summed E-state index contributed by atoms with van der Waals surface area (Å²) in [5, 5.41) is 0. The predicted molar refractivity (Wildman–Crippen MR) is 119 cm³/mol. The number of methoxy groups -OCH3 is 1.